The van der Waals surface area contributed by atoms with E-state index >= 15 is 0 Å². The predicted molar refractivity (Wildman–Crippen MR) is 95.9 cm³/mol. The van der Waals surface area contributed by atoms with Gasteiger partial charge in [-0.05, 0) is 34.9 Å². The van der Waals surface area contributed by atoms with Gasteiger partial charge in [-0.1, -0.05) is 26.8 Å². The third-order valence-electron chi connectivity index (χ3n) is 3.72. The maximum absolute atomic E-state index is 11.2. The van der Waals surface area contributed by atoms with Gasteiger partial charge < -0.3 is 16.2 Å². The van der Waals surface area contributed by atoms with Gasteiger partial charge in [0.1, 0.15) is 5.75 Å². The summed E-state index contributed by atoms with van der Waals surface area (Å²) in [5, 5.41) is 0. The Balaban J connectivity index is 2.16. The van der Waals surface area contributed by atoms with E-state index in [1.54, 1.807) is 25.1 Å². The van der Waals surface area contributed by atoms with Crippen LogP contribution in [0.1, 0.15) is 32.8 Å². The van der Waals surface area contributed by atoms with Crippen molar-refractivity contribution in [2.45, 2.75) is 27.2 Å². The van der Waals surface area contributed by atoms with Gasteiger partial charge in [0.2, 0.25) is 5.91 Å². The Labute approximate surface area is 142 Å². The second kappa shape index (κ2) is 6.50. The lowest BCUT2D eigenvalue weighted by molar-refractivity contribution is -0.122. The molecular formula is C15H24N4O4S. The smallest absolute Gasteiger partial charge is 0.220 e. The van der Waals surface area contributed by atoms with Crippen LogP contribution in [0.4, 0.5) is 5.69 Å². The van der Waals surface area contributed by atoms with Gasteiger partial charge in [0, 0.05) is 5.92 Å². The summed E-state index contributed by atoms with van der Waals surface area (Å²) < 4.78 is 31.4. The number of carbonyl (C=O) groups is 1. The molecule has 1 aromatic carbocycles. The minimum atomic E-state index is -3.32. The molecule has 0 fully saturated rings. The summed E-state index contributed by atoms with van der Waals surface area (Å²) in [5.41, 5.74) is 11.8. The van der Waals surface area contributed by atoms with E-state index in [1.165, 1.54) is 0 Å². The van der Waals surface area contributed by atoms with Crippen molar-refractivity contribution in [3.05, 3.63) is 23.8 Å². The fourth-order valence-electron chi connectivity index (χ4n) is 2.62. The van der Waals surface area contributed by atoms with Crippen LogP contribution in [0.5, 0.6) is 5.75 Å². The summed E-state index contributed by atoms with van der Waals surface area (Å²) in [5.74, 6) is -0.112. The number of fused-ring (bicyclic) bond motifs is 1. The number of hydrogen-bond acceptors (Lipinski definition) is 7. The van der Waals surface area contributed by atoms with Crippen LogP contribution in [0.3, 0.4) is 0 Å². The summed E-state index contributed by atoms with van der Waals surface area (Å²) >= 11 is 0. The van der Waals surface area contributed by atoms with Crippen molar-refractivity contribution in [3.8, 4) is 5.75 Å². The van der Waals surface area contributed by atoms with E-state index in [1.807, 2.05) is 13.8 Å². The maximum atomic E-state index is 11.2. The van der Waals surface area contributed by atoms with Crippen LogP contribution in [-0.4, -0.2) is 27.5 Å². The standard InChI is InChI=1S/C15H24N4O4S/c1-9(14(17)20)7-15(2,3)8-23-11-6-4-5-10-12(11)13(16)19-24(21,22)18-10/h4-6,9,18,21-22H,7-8H2,1-3H3,(H2,16,19)(H2,17,20). The number of amidine groups is 1. The van der Waals surface area contributed by atoms with Crippen molar-refractivity contribution in [2.75, 3.05) is 11.3 Å². The van der Waals surface area contributed by atoms with E-state index in [9.17, 15) is 13.9 Å². The van der Waals surface area contributed by atoms with Crippen LogP contribution >= 0.6 is 11.0 Å². The van der Waals surface area contributed by atoms with E-state index in [-0.39, 0.29) is 23.1 Å². The Morgan fingerprint density at radius 1 is 1.46 bits per heavy atom. The number of carbonyl (C=O) groups excluding carboxylic acids is 1. The number of ether oxygens (including phenoxy) is 1. The Bertz CT molecular complexity index is 675. The number of benzene rings is 1. The van der Waals surface area contributed by atoms with Crippen LogP contribution in [0.15, 0.2) is 22.6 Å². The van der Waals surface area contributed by atoms with E-state index in [0.29, 0.717) is 30.0 Å². The highest BCUT2D eigenvalue weighted by molar-refractivity contribution is 8.24. The zero-order valence-electron chi connectivity index (χ0n) is 13.9. The Morgan fingerprint density at radius 3 is 2.75 bits per heavy atom. The van der Waals surface area contributed by atoms with Crippen molar-refractivity contribution in [3.63, 3.8) is 0 Å². The molecule has 1 atom stereocenters. The van der Waals surface area contributed by atoms with Crippen molar-refractivity contribution < 1.29 is 18.6 Å². The predicted octanol–water partition coefficient (Wildman–Crippen LogP) is 2.31. The van der Waals surface area contributed by atoms with Gasteiger partial charge in [0.05, 0.1) is 17.9 Å². The van der Waals surface area contributed by atoms with Crippen LogP contribution in [0, 0.1) is 11.3 Å². The summed E-state index contributed by atoms with van der Waals surface area (Å²) in [7, 11) is -3.32. The average molecular weight is 356 g/mol. The third kappa shape index (κ3) is 4.31. The first-order chi connectivity index (χ1) is 11.0. The van der Waals surface area contributed by atoms with Crippen molar-refractivity contribution in [2.24, 2.45) is 27.2 Å². The molecule has 0 aliphatic carbocycles. The molecular weight excluding hydrogens is 332 g/mol. The molecule has 0 spiro atoms. The molecule has 0 saturated heterocycles. The van der Waals surface area contributed by atoms with Crippen molar-refractivity contribution >= 4 is 28.4 Å². The highest BCUT2D eigenvalue weighted by Crippen LogP contribution is 2.47. The number of nitrogens with two attached hydrogens (primary N) is 2. The molecule has 1 amide bonds. The van der Waals surface area contributed by atoms with Crippen LogP contribution in [0.25, 0.3) is 0 Å². The zero-order chi connectivity index (χ0) is 18.1. The fraction of sp³-hybridized carbons (Fsp3) is 0.467. The van der Waals surface area contributed by atoms with Gasteiger partial charge in [-0.2, -0.15) is 0 Å². The molecule has 1 heterocycles. The van der Waals surface area contributed by atoms with E-state index in [4.69, 9.17) is 16.2 Å². The Morgan fingerprint density at radius 2 is 2.12 bits per heavy atom. The SMILES string of the molecule is CC(CC(C)(C)COc1cccc2c1C(N)=NS(O)(O)N2)C(N)=O. The second-order valence-electron chi connectivity index (χ2n) is 6.74. The molecule has 0 radical (unpaired) electrons. The topological polar surface area (TPSA) is 143 Å². The van der Waals surface area contributed by atoms with Gasteiger partial charge in [-0.25, -0.2) is 0 Å². The summed E-state index contributed by atoms with van der Waals surface area (Å²) in [6.45, 7) is 6.08. The molecule has 1 aliphatic rings. The minimum Gasteiger partial charge on any atom is -0.492 e. The number of hydrogen-bond donors (Lipinski definition) is 5. The molecule has 9 heteroatoms. The van der Waals surface area contributed by atoms with Crippen LogP contribution in [0.2, 0.25) is 0 Å². The van der Waals surface area contributed by atoms with Gasteiger partial charge in [-0.3, -0.25) is 18.6 Å². The number of rotatable bonds is 6. The molecule has 7 N–H and O–H groups in total. The molecule has 1 aromatic rings. The second-order valence-corrected chi connectivity index (χ2v) is 8.16. The van der Waals surface area contributed by atoms with Gasteiger partial charge in [0.25, 0.3) is 0 Å². The number of anilines is 1. The first kappa shape index (κ1) is 18.4. The summed E-state index contributed by atoms with van der Waals surface area (Å²) in [6, 6.07) is 5.11. The van der Waals surface area contributed by atoms with E-state index < -0.39 is 11.0 Å². The largest absolute Gasteiger partial charge is 0.492 e. The first-order valence-electron chi connectivity index (χ1n) is 7.48. The fourth-order valence-corrected chi connectivity index (χ4v) is 3.49. The van der Waals surface area contributed by atoms with Crippen LogP contribution in [-0.2, 0) is 4.79 Å². The first-order valence-corrected chi connectivity index (χ1v) is 8.98. The van der Waals surface area contributed by atoms with Gasteiger partial charge in [0.15, 0.2) is 5.84 Å². The molecule has 1 unspecified atom stereocenters. The molecule has 0 bridgehead atoms. The lowest BCUT2D eigenvalue weighted by Crippen LogP contribution is -2.31. The average Bonchev–Trinajstić information content (AvgIpc) is 2.42. The Kier molecular flexibility index (Phi) is 4.97. The van der Waals surface area contributed by atoms with Crippen molar-refractivity contribution in [1.82, 2.24) is 0 Å². The molecule has 134 valence electrons. The molecule has 24 heavy (non-hydrogen) atoms. The third-order valence-corrected chi connectivity index (χ3v) is 4.66. The quantitative estimate of drug-likeness (QED) is 0.529. The minimum absolute atomic E-state index is 0.00246. The summed E-state index contributed by atoms with van der Waals surface area (Å²) in [4.78, 5) is 11.2. The lowest BCUT2D eigenvalue weighted by Gasteiger charge is -2.34. The van der Waals surface area contributed by atoms with E-state index in [0.717, 1.165) is 0 Å². The molecule has 0 aromatic heterocycles. The Hall–Kier alpha value is -1.97. The maximum Gasteiger partial charge on any atom is 0.220 e. The molecule has 8 nitrogen and oxygen atoms in total. The van der Waals surface area contributed by atoms with Crippen molar-refractivity contribution in [1.29, 1.82) is 0 Å². The molecule has 2 rings (SSSR count). The monoisotopic (exact) mass is 356 g/mol. The van der Waals surface area contributed by atoms with Gasteiger partial charge >= 0.3 is 0 Å². The number of primary amides is 1. The lowest BCUT2D eigenvalue weighted by atomic mass is 9.84. The molecule has 1 aliphatic heterocycles. The molecule has 0 saturated carbocycles. The van der Waals surface area contributed by atoms with Gasteiger partial charge in [-0.15, -0.1) is 4.40 Å². The summed E-state index contributed by atoms with van der Waals surface area (Å²) in [6.07, 6.45) is 0.583. The zero-order valence-corrected chi connectivity index (χ0v) is 14.8. The highest BCUT2D eigenvalue weighted by atomic mass is 32.3. The van der Waals surface area contributed by atoms with E-state index in [2.05, 4.69) is 9.12 Å². The van der Waals surface area contributed by atoms with Crippen LogP contribution < -0.4 is 20.9 Å². The highest BCUT2D eigenvalue weighted by Gasteiger charge is 2.28. The number of nitrogens with one attached hydrogen (secondary N) is 1. The normalized spacial score (nSPS) is 18.6. The number of nitrogens with zero attached hydrogens (tertiary/aromatic N) is 1. The number of amides is 1.